The third-order valence-electron chi connectivity index (χ3n) is 8.34. The summed E-state index contributed by atoms with van der Waals surface area (Å²) in [6, 6.07) is 10.2. The normalized spacial score (nSPS) is 23.6. The summed E-state index contributed by atoms with van der Waals surface area (Å²) >= 11 is 0. The summed E-state index contributed by atoms with van der Waals surface area (Å²) in [7, 11) is 3.66. The van der Waals surface area contributed by atoms with Gasteiger partial charge in [-0.15, -0.1) is 0 Å². The highest BCUT2D eigenvalue weighted by Gasteiger charge is 2.47. The molecule has 3 fully saturated rings. The van der Waals surface area contributed by atoms with Crippen molar-refractivity contribution in [2.24, 2.45) is 24.6 Å². The molecular weight excluding hydrogens is 440 g/mol. The number of likely N-dealkylation sites (tertiary alicyclic amines) is 1. The third kappa shape index (κ3) is 3.12. The van der Waals surface area contributed by atoms with Gasteiger partial charge in [0, 0.05) is 49.4 Å². The molecule has 3 unspecified atom stereocenters. The number of piperidine rings is 1. The van der Waals surface area contributed by atoms with Crippen molar-refractivity contribution in [2.75, 3.05) is 13.7 Å². The fourth-order valence-electron chi connectivity index (χ4n) is 6.28. The molecular formula is C27H30N6O2. The van der Waals surface area contributed by atoms with E-state index in [1.165, 1.54) is 12.8 Å². The molecule has 4 aromatic rings. The number of pyridine rings is 1. The number of amides is 1. The predicted molar refractivity (Wildman–Crippen MR) is 134 cm³/mol. The van der Waals surface area contributed by atoms with Crippen LogP contribution in [-0.2, 0) is 13.6 Å². The van der Waals surface area contributed by atoms with Gasteiger partial charge in [0.05, 0.1) is 18.3 Å². The minimum Gasteiger partial charge on any atom is -0.494 e. The number of benzene rings is 1. The second kappa shape index (κ2) is 7.55. The fraction of sp³-hybridized carbons (Fsp3) is 0.444. The molecule has 0 radical (unpaired) electrons. The van der Waals surface area contributed by atoms with E-state index in [1.54, 1.807) is 7.11 Å². The number of carbonyl (C=O) groups excluding carboxylic acids is 1. The van der Waals surface area contributed by atoms with E-state index >= 15 is 0 Å². The first-order valence-corrected chi connectivity index (χ1v) is 12.6. The molecule has 3 atom stereocenters. The van der Waals surface area contributed by atoms with Gasteiger partial charge < -0.3 is 24.5 Å². The molecule has 2 N–H and O–H groups in total. The molecule has 1 aliphatic heterocycles. The molecule has 1 saturated heterocycles. The Morgan fingerprint density at radius 1 is 1.20 bits per heavy atom. The third-order valence-corrected chi connectivity index (χ3v) is 8.34. The average Bonchev–Trinajstić information content (AvgIpc) is 3.27. The van der Waals surface area contributed by atoms with E-state index in [4.69, 9.17) is 15.5 Å². The number of aromatic nitrogens is 4. The van der Waals surface area contributed by atoms with Gasteiger partial charge >= 0.3 is 0 Å². The van der Waals surface area contributed by atoms with Crippen molar-refractivity contribution in [3.05, 3.63) is 42.1 Å². The SMILES string of the molecule is COc1cc(C(=O)N2CC3CCC2C3N)cc2nc(-c3cc4cccnc4n3CC3CC3)n(C)c12. The van der Waals surface area contributed by atoms with Gasteiger partial charge in [0.2, 0.25) is 0 Å². The number of hydrogen-bond acceptors (Lipinski definition) is 5. The minimum absolute atomic E-state index is 0.0205. The second-order valence-corrected chi connectivity index (χ2v) is 10.5. The smallest absolute Gasteiger partial charge is 0.254 e. The zero-order valence-electron chi connectivity index (χ0n) is 20.1. The standard InChI is InChI=1S/C27H30N6O2/c1-31-24-19(10-18(12-22(24)35-2)27(34)33-14-17-7-8-20(33)23(17)28)30-26(31)21-11-16-4-3-9-29-25(16)32(21)13-15-5-6-15/h3-4,9-12,15,17,20,23H,5-8,13-14,28H2,1-2H3. The molecule has 3 aromatic heterocycles. The molecule has 1 aromatic carbocycles. The molecule has 8 nitrogen and oxygen atoms in total. The average molecular weight is 471 g/mol. The van der Waals surface area contributed by atoms with Crippen LogP contribution in [0.15, 0.2) is 36.5 Å². The van der Waals surface area contributed by atoms with Crippen molar-refractivity contribution in [2.45, 2.75) is 44.3 Å². The van der Waals surface area contributed by atoms with Crippen molar-refractivity contribution in [1.29, 1.82) is 0 Å². The summed E-state index contributed by atoms with van der Waals surface area (Å²) in [5.41, 5.74) is 10.7. The van der Waals surface area contributed by atoms with Gasteiger partial charge in [0.25, 0.3) is 5.91 Å². The Balaban J connectivity index is 1.35. The Morgan fingerprint density at radius 2 is 2.06 bits per heavy atom. The second-order valence-electron chi connectivity index (χ2n) is 10.5. The molecule has 2 saturated carbocycles. The first kappa shape index (κ1) is 20.9. The number of imidazole rings is 1. The van der Waals surface area contributed by atoms with Crippen LogP contribution < -0.4 is 10.5 Å². The highest BCUT2D eigenvalue weighted by Crippen LogP contribution is 2.40. The maximum atomic E-state index is 13.5. The first-order chi connectivity index (χ1) is 17.0. The number of ether oxygens (including phenoxy) is 1. The topological polar surface area (TPSA) is 91.2 Å². The summed E-state index contributed by atoms with van der Waals surface area (Å²) in [6.45, 7) is 1.68. The number of nitrogens with two attached hydrogens (primary N) is 1. The molecule has 7 rings (SSSR count). The van der Waals surface area contributed by atoms with E-state index in [-0.39, 0.29) is 18.0 Å². The van der Waals surface area contributed by atoms with Crippen LogP contribution in [-0.4, -0.2) is 55.6 Å². The molecule has 180 valence electrons. The minimum atomic E-state index is 0.0205. The lowest BCUT2D eigenvalue weighted by Gasteiger charge is -2.27. The number of methoxy groups -OCH3 is 1. The molecule has 35 heavy (non-hydrogen) atoms. The van der Waals surface area contributed by atoms with Gasteiger partial charge in [0.1, 0.15) is 16.9 Å². The number of nitrogens with zero attached hydrogens (tertiary/aromatic N) is 5. The molecule has 4 heterocycles. The van der Waals surface area contributed by atoms with Gasteiger partial charge in [-0.2, -0.15) is 0 Å². The Labute approximate surface area is 203 Å². The summed E-state index contributed by atoms with van der Waals surface area (Å²) in [4.78, 5) is 25.2. The number of fused-ring (bicyclic) bond motifs is 4. The largest absolute Gasteiger partial charge is 0.494 e. The van der Waals surface area contributed by atoms with Gasteiger partial charge in [-0.3, -0.25) is 4.79 Å². The lowest BCUT2D eigenvalue weighted by molar-refractivity contribution is 0.0700. The molecule has 8 heteroatoms. The van der Waals surface area contributed by atoms with Crippen LogP contribution in [0.3, 0.4) is 0 Å². The van der Waals surface area contributed by atoms with Gasteiger partial charge in [-0.1, -0.05) is 0 Å². The lowest BCUT2D eigenvalue weighted by Crippen LogP contribution is -2.41. The summed E-state index contributed by atoms with van der Waals surface area (Å²) in [5.74, 6) is 2.64. The van der Waals surface area contributed by atoms with Crippen LogP contribution >= 0.6 is 0 Å². The molecule has 2 aliphatic carbocycles. The van der Waals surface area contributed by atoms with E-state index in [1.807, 2.05) is 36.3 Å². The Kier molecular flexibility index (Phi) is 4.52. The van der Waals surface area contributed by atoms with Crippen LogP contribution in [0.4, 0.5) is 0 Å². The van der Waals surface area contributed by atoms with E-state index < -0.39 is 0 Å². The zero-order valence-corrected chi connectivity index (χ0v) is 20.1. The first-order valence-electron chi connectivity index (χ1n) is 12.6. The molecule has 3 aliphatic rings. The number of hydrogen-bond donors (Lipinski definition) is 1. The van der Waals surface area contributed by atoms with Crippen molar-refractivity contribution in [3.63, 3.8) is 0 Å². The molecule has 0 spiro atoms. The van der Waals surface area contributed by atoms with E-state index in [0.29, 0.717) is 23.1 Å². The zero-order chi connectivity index (χ0) is 23.8. The number of carbonyl (C=O) groups is 1. The Morgan fingerprint density at radius 3 is 2.77 bits per heavy atom. The quantitative estimate of drug-likeness (QED) is 0.482. The van der Waals surface area contributed by atoms with Gasteiger partial charge in [0.15, 0.2) is 5.82 Å². The maximum absolute atomic E-state index is 13.5. The fourth-order valence-corrected chi connectivity index (χ4v) is 6.28. The van der Waals surface area contributed by atoms with Crippen LogP contribution in [0, 0.1) is 11.8 Å². The van der Waals surface area contributed by atoms with Crippen molar-refractivity contribution >= 4 is 28.0 Å². The lowest BCUT2D eigenvalue weighted by atomic mass is 10.1. The summed E-state index contributed by atoms with van der Waals surface area (Å²) in [5, 5.41) is 1.11. The van der Waals surface area contributed by atoms with Crippen LogP contribution in [0.1, 0.15) is 36.0 Å². The molecule has 2 bridgehead atoms. The highest BCUT2D eigenvalue weighted by molar-refractivity contribution is 6.00. The monoisotopic (exact) mass is 470 g/mol. The van der Waals surface area contributed by atoms with E-state index in [9.17, 15) is 4.79 Å². The van der Waals surface area contributed by atoms with Crippen molar-refractivity contribution in [1.82, 2.24) is 24.0 Å². The van der Waals surface area contributed by atoms with E-state index in [0.717, 1.165) is 59.5 Å². The number of aryl methyl sites for hydroxylation is 1. The van der Waals surface area contributed by atoms with Crippen molar-refractivity contribution < 1.29 is 9.53 Å². The van der Waals surface area contributed by atoms with Gasteiger partial charge in [-0.25, -0.2) is 9.97 Å². The molecule has 1 amide bonds. The predicted octanol–water partition coefficient (Wildman–Crippen LogP) is 3.57. The van der Waals surface area contributed by atoms with Gasteiger partial charge in [-0.05, 0) is 67.9 Å². The van der Waals surface area contributed by atoms with Crippen LogP contribution in [0.25, 0.3) is 33.6 Å². The van der Waals surface area contributed by atoms with Crippen LogP contribution in [0.5, 0.6) is 5.75 Å². The van der Waals surface area contributed by atoms with Crippen molar-refractivity contribution in [3.8, 4) is 17.3 Å². The number of rotatable bonds is 5. The maximum Gasteiger partial charge on any atom is 0.254 e. The summed E-state index contributed by atoms with van der Waals surface area (Å²) < 4.78 is 10.2. The Hall–Kier alpha value is -3.39. The Bertz CT molecular complexity index is 1480. The summed E-state index contributed by atoms with van der Waals surface area (Å²) in [6.07, 6.45) is 6.48. The van der Waals surface area contributed by atoms with Crippen LogP contribution in [0.2, 0.25) is 0 Å². The highest BCUT2D eigenvalue weighted by atomic mass is 16.5. The van der Waals surface area contributed by atoms with E-state index in [2.05, 4.69) is 26.3 Å².